The molecule has 0 aliphatic carbocycles. The van der Waals surface area contributed by atoms with Crippen LogP contribution in [0.4, 0.5) is 0 Å². The molecular formula is C93H102N21+5. The van der Waals surface area contributed by atoms with Crippen LogP contribution in [0.3, 0.4) is 0 Å². The van der Waals surface area contributed by atoms with Crippen molar-refractivity contribution < 1.29 is 51.6 Å². The number of benzene rings is 4. The van der Waals surface area contributed by atoms with Crippen LogP contribution in [-0.4, -0.2) is 74.3 Å². The summed E-state index contributed by atoms with van der Waals surface area (Å²) in [6.45, 7) is -10.8. The van der Waals surface area contributed by atoms with Crippen molar-refractivity contribution in [1.29, 1.82) is 0 Å². The van der Waals surface area contributed by atoms with Gasteiger partial charge in [-0.25, -0.2) is 34.1 Å². The fourth-order valence-corrected chi connectivity index (χ4v) is 15.3. The summed E-state index contributed by atoms with van der Waals surface area (Å²) < 4.78 is 199. The molecule has 21 nitrogen and oxygen atoms in total. The van der Waals surface area contributed by atoms with Gasteiger partial charge in [0.1, 0.15) is 63.4 Å². The standard InChI is InChI=1S/2C21H23N4.2C20H21N4.C11H14N5/c1-14-11-17(19-15(2)7-6-8-16(19)3)20(23(4)12-14)18-13-25-10-9-22-21(25)24(18)5;1-14-7-6-8-15(2)20(14)17-12-23(4)18(11-16(17)3)19-13-25-10-9-22-21(25)24(19)5;1-14-7-5-6-8-16(14)17-11-18(22(3)12-15(17)2)19-13-24-10-9-21-20(24)23(19)4;1-14-7-5-6-8-16(14)17-12-22(3)18(11-15(17)2)19-13-24-10-9-21-20(24)23(19)4;1-13-6-7-14(2)10(13)9-8-16-5-4-12-11(16)15(9)3/h2*6-13H,1-5H3;2*5-13H,1-4H3;4-8H,1-3H3/q5*+1/i1D3,2D3,3D3;1D3;1D3,2D3;1D3;. The zero-order chi connectivity index (χ0) is 97.9. The summed E-state index contributed by atoms with van der Waals surface area (Å²) in [7, 11) is 21.2. The Balaban J connectivity index is 0.000000130. The minimum Gasteiger partial charge on any atom is -0.308 e. The first-order valence-corrected chi connectivity index (χ1v) is 36.7. The highest BCUT2D eigenvalue weighted by Crippen LogP contribution is 2.37. The summed E-state index contributed by atoms with van der Waals surface area (Å²) in [5.74, 6) is 5.22. The van der Waals surface area contributed by atoms with Crippen LogP contribution >= 0.6 is 0 Å². The third-order valence-electron chi connectivity index (χ3n) is 21.1. The molecule has 15 heterocycles. The Morgan fingerprint density at radius 3 is 1.12 bits per heavy atom. The summed E-state index contributed by atoms with van der Waals surface area (Å²) in [5.41, 5.74) is 16.0. The van der Waals surface area contributed by atoms with Gasteiger partial charge in [0.05, 0.1) is 19.7 Å². The minimum atomic E-state index is -2.63. The summed E-state index contributed by atoms with van der Waals surface area (Å²) in [6, 6.07) is 30.7. The largest absolute Gasteiger partial charge is 0.308 e. The average Bonchev–Trinajstić information content (AvgIpc) is 1.73. The highest BCUT2D eigenvalue weighted by molar-refractivity contribution is 5.83. The van der Waals surface area contributed by atoms with Gasteiger partial charge in [0.15, 0.2) is 30.5 Å². The van der Waals surface area contributed by atoms with Crippen LogP contribution in [0.15, 0.2) is 239 Å². The van der Waals surface area contributed by atoms with Gasteiger partial charge < -0.3 is 22.8 Å². The summed E-state index contributed by atoms with van der Waals surface area (Å²) in [4.78, 5) is 21.7. The minimum absolute atomic E-state index is 0.0157. The van der Waals surface area contributed by atoms with Gasteiger partial charge in [-0.15, -0.1) is 0 Å². The van der Waals surface area contributed by atoms with Gasteiger partial charge in [-0.3, -0.25) is 22.0 Å². The van der Waals surface area contributed by atoms with Crippen molar-refractivity contribution in [2.45, 2.75) is 68.7 Å². The maximum Gasteiger partial charge on any atom is 0.306 e. The van der Waals surface area contributed by atoms with Crippen LogP contribution in [0.2, 0.25) is 0 Å². The Morgan fingerprint density at radius 1 is 0.298 bits per heavy atom. The zero-order valence-corrected chi connectivity index (χ0v) is 65.9. The van der Waals surface area contributed by atoms with Crippen molar-refractivity contribution in [1.82, 2.24) is 74.3 Å². The molecule has 0 N–H and O–H groups in total. The molecular weight excluding hydrogens is 1410 g/mol. The van der Waals surface area contributed by atoms with Crippen LogP contribution in [-0.2, 0) is 77.5 Å². The molecule has 0 amide bonds. The smallest absolute Gasteiger partial charge is 0.306 e. The summed E-state index contributed by atoms with van der Waals surface area (Å²) in [6.07, 6.45) is 39.1. The predicted octanol–water partition coefficient (Wildman–Crippen LogP) is 14.9. The number of fused-ring (bicyclic) bond motifs is 5. The van der Waals surface area contributed by atoms with Gasteiger partial charge >= 0.3 is 5.82 Å². The lowest BCUT2D eigenvalue weighted by Crippen LogP contribution is -2.32. The number of aromatic nitrogens is 21. The second-order valence-corrected chi connectivity index (χ2v) is 28.6. The molecule has 0 radical (unpaired) electrons. The molecule has 4 aromatic carbocycles. The number of pyridine rings is 4. The Bertz CT molecular complexity index is 7660. The molecule has 114 heavy (non-hydrogen) atoms. The van der Waals surface area contributed by atoms with E-state index in [-0.39, 0.29) is 38.9 Å². The highest BCUT2D eigenvalue weighted by Gasteiger charge is 2.28. The van der Waals surface area contributed by atoms with Crippen LogP contribution in [0.25, 0.3) is 130 Å². The third-order valence-corrected chi connectivity index (χ3v) is 21.1. The van der Waals surface area contributed by atoms with Gasteiger partial charge in [-0.2, -0.15) is 18.3 Å². The Hall–Kier alpha value is -13.6. The van der Waals surface area contributed by atoms with E-state index in [0.29, 0.717) is 39.4 Å². The first-order chi connectivity index (χ1) is 63.2. The van der Waals surface area contributed by atoms with Crippen molar-refractivity contribution in [2.24, 2.45) is 77.5 Å². The van der Waals surface area contributed by atoms with E-state index in [9.17, 15) is 0 Å². The molecule has 0 aliphatic heterocycles. The highest BCUT2D eigenvalue weighted by atomic mass is 15.2. The van der Waals surface area contributed by atoms with Crippen LogP contribution in [0.1, 0.15) is 84.4 Å². The summed E-state index contributed by atoms with van der Waals surface area (Å²) >= 11 is 0. The van der Waals surface area contributed by atoms with Gasteiger partial charge in [-0.05, 0) is 147 Å². The van der Waals surface area contributed by atoms with Crippen LogP contribution in [0.5, 0.6) is 0 Å². The second-order valence-electron chi connectivity index (χ2n) is 28.6. The topological polar surface area (TPSA) is 135 Å². The van der Waals surface area contributed by atoms with E-state index in [1.165, 1.54) is 36.5 Å². The number of rotatable bonds is 9. The third kappa shape index (κ3) is 13.9. The number of aryl methyl sites for hydroxylation is 21. The maximum absolute atomic E-state index is 8.09. The van der Waals surface area contributed by atoms with E-state index in [0.717, 1.165) is 108 Å². The molecule has 0 fully saturated rings. The number of imidazole rings is 11. The molecule has 15 aromatic heterocycles. The molecule has 574 valence electrons. The molecule has 0 atom stereocenters. The van der Waals surface area contributed by atoms with Crippen molar-refractivity contribution in [3.05, 3.63) is 295 Å². The first kappa shape index (κ1) is 54.1. The van der Waals surface area contributed by atoms with E-state index in [4.69, 9.17) is 28.8 Å². The Kier molecular flexibility index (Phi) is 14.5. The van der Waals surface area contributed by atoms with E-state index < -0.39 is 48.0 Å². The SMILES string of the molecule is Cn1cc[n+](C)c1-c1cn2ccnc2n1C.[2H]C([2H])([2H])c1cc(-c2c(C([2H])([2H])[2H])cccc2C([2H])([2H])[2H])c(-c2cn3ccnc3n2C)[n+](C)c1.[2H]C([2H])([2H])c1cccc(C)c1-c1c[n+](C)c(-c2cn3ccnc3n2C)cc1C.[2H]C([2H])([2H])c1ccccc1-c1c[n+](C)c(-c2cn3ccnc3n2C)cc1C.[2H]C([2H])([2H])c1ccccc1-c1cc(-c2cn3ccnc3n2C)[n+](C)cc1C([2H])([2H])[2H]. The number of hydrogen-bond acceptors (Lipinski definition) is 5. The molecule has 21 heteroatoms. The lowest BCUT2D eigenvalue weighted by Gasteiger charge is -2.14. The monoisotopic (exact) mass is 1530 g/mol. The molecule has 0 bridgehead atoms. The average molecular weight is 1540 g/mol. The van der Waals surface area contributed by atoms with Gasteiger partial charge in [0.25, 0.3) is 0 Å². The normalized spacial score (nSPS) is 14.9. The number of nitrogens with zero attached hydrogens (tertiary/aromatic N) is 21. The van der Waals surface area contributed by atoms with Gasteiger partial charge in [0, 0.05) is 197 Å². The van der Waals surface area contributed by atoms with Gasteiger partial charge in [-0.1, -0.05) is 84.9 Å². The Labute approximate surface area is 695 Å². The molecule has 19 rings (SSSR count). The second kappa shape index (κ2) is 30.6. The molecule has 19 aromatic rings. The van der Waals surface area contributed by atoms with Crippen molar-refractivity contribution in [3.63, 3.8) is 0 Å². The predicted molar refractivity (Wildman–Crippen MR) is 452 cm³/mol. The fraction of sp³-hybridized carbons (Fsp3) is 0.226. The molecule has 0 saturated heterocycles. The molecule has 0 saturated carbocycles. The van der Waals surface area contributed by atoms with Crippen LogP contribution in [0, 0.1) is 68.7 Å². The fourth-order valence-electron chi connectivity index (χ4n) is 15.3. The van der Waals surface area contributed by atoms with Crippen molar-refractivity contribution in [3.8, 4) is 102 Å². The van der Waals surface area contributed by atoms with Crippen molar-refractivity contribution in [2.75, 3.05) is 0 Å². The van der Waals surface area contributed by atoms with Gasteiger partial charge in [0.2, 0.25) is 51.7 Å². The quantitative estimate of drug-likeness (QED) is 0.133. The van der Waals surface area contributed by atoms with E-state index in [1.807, 2.05) is 205 Å². The van der Waals surface area contributed by atoms with E-state index in [2.05, 4.69) is 67.7 Å². The van der Waals surface area contributed by atoms with Crippen molar-refractivity contribution >= 4 is 28.9 Å². The number of hydrogen-bond donors (Lipinski definition) is 0. The first-order valence-electron chi connectivity index (χ1n) is 47.2. The van der Waals surface area contributed by atoms with E-state index in [1.54, 1.807) is 125 Å². The zero-order valence-electron chi connectivity index (χ0n) is 86.9. The molecule has 0 spiro atoms. The summed E-state index contributed by atoms with van der Waals surface area (Å²) in [5, 5.41) is 0. The Morgan fingerprint density at radius 2 is 0.675 bits per heavy atom. The maximum atomic E-state index is 8.09. The lowest BCUT2D eigenvalue weighted by molar-refractivity contribution is -0.660. The molecule has 0 unspecified atom stereocenters. The van der Waals surface area contributed by atoms with Crippen LogP contribution < -0.4 is 22.8 Å². The lowest BCUT2D eigenvalue weighted by atomic mass is 9.93. The van der Waals surface area contributed by atoms with E-state index >= 15 is 0 Å². The molecule has 0 aliphatic rings.